The minimum absolute atomic E-state index is 0.103. The van der Waals surface area contributed by atoms with Crippen LogP contribution in [0.25, 0.3) is 0 Å². The number of hydrogen-bond acceptors (Lipinski definition) is 3. The van der Waals surface area contributed by atoms with Crippen molar-refractivity contribution in [1.29, 1.82) is 0 Å². The van der Waals surface area contributed by atoms with E-state index in [9.17, 15) is 9.59 Å². The molecule has 0 unspecified atom stereocenters. The average molecular weight is 345 g/mol. The van der Waals surface area contributed by atoms with E-state index < -0.39 is 0 Å². The summed E-state index contributed by atoms with van der Waals surface area (Å²) >= 11 is 0. The van der Waals surface area contributed by atoms with Gasteiger partial charge in [-0.15, -0.1) is 0 Å². The number of hydrogen-bond donors (Lipinski definition) is 2. The molecule has 0 aromatic heterocycles. The van der Waals surface area contributed by atoms with Gasteiger partial charge in [0.1, 0.15) is 5.75 Å². The van der Waals surface area contributed by atoms with Crippen molar-refractivity contribution in [2.24, 2.45) is 5.92 Å². The monoisotopic (exact) mass is 345 g/mol. The Labute approximate surface area is 148 Å². The Balaban J connectivity index is 1.54. The number of amides is 3. The molecule has 1 aliphatic carbocycles. The summed E-state index contributed by atoms with van der Waals surface area (Å²) < 4.78 is 5.18. The fourth-order valence-corrected chi connectivity index (χ4v) is 3.67. The number of nitrogens with zero attached hydrogens (tertiary/aromatic N) is 1. The van der Waals surface area contributed by atoms with Crippen LogP contribution < -0.4 is 15.4 Å². The fourth-order valence-electron chi connectivity index (χ4n) is 3.67. The Morgan fingerprint density at radius 3 is 2.72 bits per heavy atom. The number of rotatable bonds is 4. The van der Waals surface area contributed by atoms with Crippen LogP contribution in [0.4, 0.5) is 10.5 Å². The molecular weight excluding hydrogens is 318 g/mol. The summed E-state index contributed by atoms with van der Waals surface area (Å²) in [5.74, 6) is 0.696. The Morgan fingerprint density at radius 1 is 1.16 bits per heavy atom. The number of anilines is 1. The number of ether oxygens (including phenoxy) is 1. The molecule has 136 valence electrons. The molecule has 6 heteroatoms. The molecule has 1 saturated carbocycles. The van der Waals surface area contributed by atoms with E-state index in [4.69, 9.17) is 4.74 Å². The third-order valence-electron chi connectivity index (χ3n) is 5.10. The van der Waals surface area contributed by atoms with Crippen LogP contribution in [0.2, 0.25) is 0 Å². The molecule has 1 aliphatic heterocycles. The van der Waals surface area contributed by atoms with Crippen molar-refractivity contribution in [2.75, 3.05) is 25.5 Å². The van der Waals surface area contributed by atoms with Crippen molar-refractivity contribution in [1.82, 2.24) is 10.2 Å². The smallest absolute Gasteiger partial charge is 0.321 e. The van der Waals surface area contributed by atoms with Crippen LogP contribution in [0.15, 0.2) is 24.3 Å². The topological polar surface area (TPSA) is 70.7 Å². The van der Waals surface area contributed by atoms with Crippen LogP contribution in [-0.4, -0.2) is 43.1 Å². The quantitative estimate of drug-likeness (QED) is 0.881. The highest BCUT2D eigenvalue weighted by Crippen LogP contribution is 2.22. The molecule has 2 aliphatic rings. The Kier molecular flexibility index (Phi) is 5.79. The fraction of sp³-hybridized carbons (Fsp3) is 0.579. The number of methoxy groups -OCH3 is 1. The largest absolute Gasteiger partial charge is 0.497 e. The number of carbonyl (C=O) groups is 2. The highest BCUT2D eigenvalue weighted by molar-refractivity contribution is 5.90. The molecule has 1 heterocycles. The van der Waals surface area contributed by atoms with Gasteiger partial charge in [-0.05, 0) is 37.8 Å². The number of urea groups is 1. The molecule has 1 atom stereocenters. The van der Waals surface area contributed by atoms with Crippen molar-refractivity contribution in [2.45, 2.75) is 44.6 Å². The molecule has 1 aromatic rings. The lowest BCUT2D eigenvalue weighted by atomic mass is 9.97. The van der Waals surface area contributed by atoms with Crippen LogP contribution in [0, 0.1) is 5.92 Å². The third-order valence-corrected chi connectivity index (χ3v) is 5.10. The van der Waals surface area contributed by atoms with Crippen molar-refractivity contribution in [3.05, 3.63) is 24.3 Å². The summed E-state index contributed by atoms with van der Waals surface area (Å²) in [4.78, 5) is 26.7. The Hall–Kier alpha value is -2.24. The molecule has 1 saturated heterocycles. The van der Waals surface area contributed by atoms with E-state index in [-0.39, 0.29) is 17.9 Å². The van der Waals surface area contributed by atoms with Crippen molar-refractivity contribution < 1.29 is 14.3 Å². The zero-order chi connectivity index (χ0) is 17.6. The molecule has 3 rings (SSSR count). The van der Waals surface area contributed by atoms with Crippen LogP contribution in [-0.2, 0) is 4.79 Å². The first-order chi connectivity index (χ1) is 12.2. The molecule has 6 nitrogen and oxygen atoms in total. The van der Waals surface area contributed by atoms with Crippen LogP contribution in [0.1, 0.15) is 38.5 Å². The van der Waals surface area contributed by atoms with Crippen LogP contribution in [0.3, 0.4) is 0 Å². The van der Waals surface area contributed by atoms with Gasteiger partial charge in [0.25, 0.3) is 0 Å². The van der Waals surface area contributed by atoms with Crippen molar-refractivity contribution in [3.8, 4) is 5.75 Å². The number of nitrogens with one attached hydrogen (secondary N) is 2. The third kappa shape index (κ3) is 4.65. The normalized spacial score (nSPS) is 21.0. The average Bonchev–Trinajstić information content (AvgIpc) is 3.15. The van der Waals surface area contributed by atoms with E-state index in [1.54, 1.807) is 18.1 Å². The molecule has 0 radical (unpaired) electrons. The number of carbonyl (C=O) groups excluding carboxylic acids is 2. The van der Waals surface area contributed by atoms with Crippen molar-refractivity contribution in [3.63, 3.8) is 0 Å². The molecule has 3 amide bonds. The van der Waals surface area contributed by atoms with Gasteiger partial charge >= 0.3 is 6.03 Å². The second-order valence-corrected chi connectivity index (χ2v) is 6.94. The summed E-state index contributed by atoms with van der Waals surface area (Å²) in [6.07, 6.45) is 6.27. The first-order valence-electron chi connectivity index (χ1n) is 9.16. The zero-order valence-corrected chi connectivity index (χ0v) is 14.8. The van der Waals surface area contributed by atoms with E-state index in [2.05, 4.69) is 10.6 Å². The van der Waals surface area contributed by atoms with Gasteiger partial charge in [-0.1, -0.05) is 18.9 Å². The predicted molar refractivity (Wildman–Crippen MR) is 96.7 cm³/mol. The summed E-state index contributed by atoms with van der Waals surface area (Å²) in [6, 6.07) is 7.45. The minimum atomic E-state index is -0.161. The van der Waals surface area contributed by atoms with Gasteiger partial charge in [-0.25, -0.2) is 4.79 Å². The number of likely N-dealkylation sites (tertiary alicyclic amines) is 1. The summed E-state index contributed by atoms with van der Waals surface area (Å²) in [6.45, 7) is 1.16. The second-order valence-electron chi connectivity index (χ2n) is 6.94. The first-order valence-corrected chi connectivity index (χ1v) is 9.16. The van der Waals surface area contributed by atoms with E-state index >= 15 is 0 Å². The van der Waals surface area contributed by atoms with E-state index in [1.165, 1.54) is 12.8 Å². The van der Waals surface area contributed by atoms with Crippen LogP contribution in [0.5, 0.6) is 5.75 Å². The van der Waals surface area contributed by atoms with E-state index in [1.807, 2.05) is 18.2 Å². The summed E-state index contributed by atoms with van der Waals surface area (Å²) in [7, 11) is 1.60. The lowest BCUT2D eigenvalue weighted by molar-refractivity contribution is -0.126. The molecule has 1 aromatic carbocycles. The minimum Gasteiger partial charge on any atom is -0.497 e. The Bertz CT molecular complexity index is 614. The molecule has 0 bridgehead atoms. The van der Waals surface area contributed by atoms with Gasteiger partial charge in [-0.2, -0.15) is 0 Å². The zero-order valence-electron chi connectivity index (χ0n) is 14.8. The molecule has 0 spiro atoms. The highest BCUT2D eigenvalue weighted by Gasteiger charge is 2.30. The maximum atomic E-state index is 12.5. The standard InChI is InChI=1S/C19H27N3O3/c1-25-17-10-4-9-16(12-17)21-19(24)22-11-5-6-14(13-22)18(23)20-15-7-2-3-8-15/h4,9-10,12,14-15H,2-3,5-8,11,13H2,1H3,(H,20,23)(H,21,24)/t14-/m1/s1. The summed E-state index contributed by atoms with van der Waals surface area (Å²) in [5.41, 5.74) is 0.696. The maximum absolute atomic E-state index is 12.5. The van der Waals surface area contributed by atoms with Gasteiger partial charge in [0.2, 0.25) is 5.91 Å². The SMILES string of the molecule is COc1cccc(NC(=O)N2CCC[C@@H](C(=O)NC3CCCC3)C2)c1. The lowest BCUT2D eigenvalue weighted by Crippen LogP contribution is -2.48. The van der Waals surface area contributed by atoms with Gasteiger partial charge in [0, 0.05) is 30.9 Å². The van der Waals surface area contributed by atoms with Gasteiger partial charge < -0.3 is 20.3 Å². The van der Waals surface area contributed by atoms with Gasteiger partial charge in [0.05, 0.1) is 13.0 Å². The van der Waals surface area contributed by atoms with Gasteiger partial charge in [-0.3, -0.25) is 4.79 Å². The van der Waals surface area contributed by atoms with E-state index in [0.29, 0.717) is 30.6 Å². The van der Waals surface area contributed by atoms with Crippen LogP contribution >= 0.6 is 0 Å². The lowest BCUT2D eigenvalue weighted by Gasteiger charge is -2.32. The van der Waals surface area contributed by atoms with E-state index in [0.717, 1.165) is 25.7 Å². The first kappa shape index (κ1) is 17.6. The Morgan fingerprint density at radius 2 is 1.96 bits per heavy atom. The molecule has 2 fully saturated rings. The number of piperidine rings is 1. The maximum Gasteiger partial charge on any atom is 0.321 e. The highest BCUT2D eigenvalue weighted by atomic mass is 16.5. The summed E-state index contributed by atoms with van der Waals surface area (Å²) in [5, 5.41) is 6.05. The predicted octanol–water partition coefficient (Wildman–Crippen LogP) is 3.00. The number of benzene rings is 1. The molecule has 25 heavy (non-hydrogen) atoms. The second kappa shape index (κ2) is 8.23. The molecule has 2 N–H and O–H groups in total. The molecular formula is C19H27N3O3. The van der Waals surface area contributed by atoms with Crippen molar-refractivity contribution >= 4 is 17.6 Å². The van der Waals surface area contributed by atoms with Gasteiger partial charge in [0.15, 0.2) is 0 Å².